The molecule has 0 N–H and O–H groups in total. The Balaban J connectivity index is 1.39. The van der Waals surface area contributed by atoms with Gasteiger partial charge >= 0.3 is 6.09 Å². The molecule has 0 unspecified atom stereocenters. The van der Waals surface area contributed by atoms with Crippen molar-refractivity contribution in [2.24, 2.45) is 17.8 Å². The van der Waals surface area contributed by atoms with Crippen LogP contribution >= 0.6 is 0 Å². The van der Waals surface area contributed by atoms with E-state index in [9.17, 15) is 4.79 Å². The van der Waals surface area contributed by atoms with Crippen molar-refractivity contribution in [3.8, 4) is 0 Å². The summed E-state index contributed by atoms with van der Waals surface area (Å²) >= 11 is 0. The molecule has 3 nitrogen and oxygen atoms in total. The number of benzene rings is 1. The number of carbonyl (C=O) groups excluding carboxylic acids is 1. The van der Waals surface area contributed by atoms with E-state index in [2.05, 4.69) is 6.92 Å². The second-order valence-corrected chi connectivity index (χ2v) is 6.81. The third kappa shape index (κ3) is 3.82. The molecule has 0 bridgehead atoms. The number of piperidine rings is 1. The van der Waals surface area contributed by atoms with Gasteiger partial charge in [-0.3, -0.25) is 0 Å². The fourth-order valence-electron chi connectivity index (χ4n) is 3.87. The van der Waals surface area contributed by atoms with E-state index in [0.717, 1.165) is 49.2 Å². The smallest absolute Gasteiger partial charge is 0.410 e. The van der Waals surface area contributed by atoms with Crippen LogP contribution in [0.2, 0.25) is 0 Å². The highest BCUT2D eigenvalue weighted by Gasteiger charge is 2.43. The van der Waals surface area contributed by atoms with Crippen molar-refractivity contribution in [2.75, 3.05) is 13.1 Å². The Morgan fingerprint density at radius 1 is 1.23 bits per heavy atom. The maximum absolute atomic E-state index is 12.1. The standard InChI is InChI=1S/C19H27NO2/c1-2-6-17-13-18(17)16-9-11-20(12-10-16)19(21)22-14-15-7-4-3-5-8-15/h3-5,7-8,16-18H,2,6,9-14H2,1H3/t17-,18-/m1/s1. The van der Waals surface area contributed by atoms with Gasteiger partial charge in [0.1, 0.15) is 6.61 Å². The van der Waals surface area contributed by atoms with Crippen LogP contribution in [0.1, 0.15) is 44.6 Å². The van der Waals surface area contributed by atoms with Crippen LogP contribution in [0.25, 0.3) is 0 Å². The molecule has 2 atom stereocenters. The molecule has 1 aromatic carbocycles. The average Bonchev–Trinajstić information content (AvgIpc) is 3.33. The van der Waals surface area contributed by atoms with Crippen molar-refractivity contribution in [1.29, 1.82) is 0 Å². The van der Waals surface area contributed by atoms with Gasteiger partial charge in [-0.15, -0.1) is 0 Å². The molecule has 3 heteroatoms. The van der Waals surface area contributed by atoms with Gasteiger partial charge in [0.05, 0.1) is 0 Å². The summed E-state index contributed by atoms with van der Waals surface area (Å²) in [5.41, 5.74) is 1.05. The first-order valence-electron chi connectivity index (χ1n) is 8.73. The topological polar surface area (TPSA) is 29.5 Å². The van der Waals surface area contributed by atoms with Crippen LogP contribution in [-0.2, 0) is 11.3 Å². The number of carbonyl (C=O) groups is 1. The monoisotopic (exact) mass is 301 g/mol. The van der Waals surface area contributed by atoms with Crippen molar-refractivity contribution in [1.82, 2.24) is 4.90 Å². The summed E-state index contributed by atoms with van der Waals surface area (Å²) in [5.74, 6) is 2.77. The zero-order valence-corrected chi connectivity index (χ0v) is 13.5. The molecule has 1 saturated carbocycles. The molecule has 1 aromatic rings. The Hall–Kier alpha value is -1.51. The minimum Gasteiger partial charge on any atom is -0.445 e. The molecule has 0 aromatic heterocycles. The molecule has 1 heterocycles. The van der Waals surface area contributed by atoms with Crippen LogP contribution in [0.4, 0.5) is 4.79 Å². The molecular weight excluding hydrogens is 274 g/mol. The van der Waals surface area contributed by atoms with Crippen LogP contribution in [0.5, 0.6) is 0 Å². The quantitative estimate of drug-likeness (QED) is 0.803. The van der Waals surface area contributed by atoms with Crippen molar-refractivity contribution in [3.63, 3.8) is 0 Å². The van der Waals surface area contributed by atoms with Gasteiger partial charge in [-0.05, 0) is 42.6 Å². The van der Waals surface area contributed by atoms with E-state index in [0.29, 0.717) is 6.61 Å². The van der Waals surface area contributed by atoms with E-state index in [1.165, 1.54) is 19.3 Å². The first-order chi connectivity index (χ1) is 10.8. The Bertz CT molecular complexity index is 479. The second kappa shape index (κ2) is 7.17. The fraction of sp³-hybridized carbons (Fsp3) is 0.632. The molecule has 2 fully saturated rings. The van der Waals surface area contributed by atoms with Crippen LogP contribution < -0.4 is 0 Å². The van der Waals surface area contributed by atoms with E-state index in [1.807, 2.05) is 35.2 Å². The van der Waals surface area contributed by atoms with Crippen LogP contribution in [-0.4, -0.2) is 24.1 Å². The Morgan fingerprint density at radius 3 is 2.64 bits per heavy atom. The molecular formula is C19H27NO2. The molecule has 3 rings (SSSR count). The first kappa shape index (κ1) is 15.4. The van der Waals surface area contributed by atoms with Gasteiger partial charge in [0.2, 0.25) is 0 Å². The normalized spacial score (nSPS) is 25.0. The van der Waals surface area contributed by atoms with Gasteiger partial charge in [-0.25, -0.2) is 4.79 Å². The summed E-state index contributed by atoms with van der Waals surface area (Å²) < 4.78 is 5.43. The first-order valence-corrected chi connectivity index (χ1v) is 8.73. The van der Waals surface area contributed by atoms with E-state index in [1.54, 1.807) is 0 Å². The maximum atomic E-state index is 12.1. The molecule has 2 aliphatic rings. The second-order valence-electron chi connectivity index (χ2n) is 6.81. The van der Waals surface area contributed by atoms with E-state index >= 15 is 0 Å². The predicted molar refractivity (Wildman–Crippen MR) is 87.4 cm³/mol. The van der Waals surface area contributed by atoms with Gasteiger partial charge in [0, 0.05) is 13.1 Å². The number of rotatable bonds is 5. The zero-order chi connectivity index (χ0) is 15.4. The minimum atomic E-state index is -0.150. The lowest BCUT2D eigenvalue weighted by Gasteiger charge is -2.31. The number of nitrogens with zero attached hydrogens (tertiary/aromatic N) is 1. The summed E-state index contributed by atoms with van der Waals surface area (Å²) in [7, 11) is 0. The van der Waals surface area contributed by atoms with Crippen LogP contribution in [0, 0.1) is 17.8 Å². The molecule has 1 aliphatic heterocycles. The Kier molecular flexibility index (Phi) is 5.01. The third-order valence-corrected chi connectivity index (χ3v) is 5.25. The Morgan fingerprint density at radius 2 is 1.95 bits per heavy atom. The predicted octanol–water partition coefficient (Wildman–Crippen LogP) is 4.47. The van der Waals surface area contributed by atoms with Gasteiger partial charge in [0.25, 0.3) is 0 Å². The highest BCUT2D eigenvalue weighted by atomic mass is 16.6. The van der Waals surface area contributed by atoms with Gasteiger partial charge in [-0.1, -0.05) is 50.1 Å². The van der Waals surface area contributed by atoms with Crippen molar-refractivity contribution in [3.05, 3.63) is 35.9 Å². The van der Waals surface area contributed by atoms with Crippen molar-refractivity contribution >= 4 is 6.09 Å². The summed E-state index contributed by atoms with van der Waals surface area (Å²) in [6.45, 7) is 4.39. The molecule has 0 radical (unpaired) electrons. The molecule has 1 aliphatic carbocycles. The molecule has 0 spiro atoms. The number of ether oxygens (including phenoxy) is 1. The van der Waals surface area contributed by atoms with E-state index in [-0.39, 0.29) is 6.09 Å². The average molecular weight is 301 g/mol. The molecule has 22 heavy (non-hydrogen) atoms. The van der Waals surface area contributed by atoms with Gasteiger partial charge < -0.3 is 9.64 Å². The zero-order valence-electron chi connectivity index (χ0n) is 13.5. The highest BCUT2D eigenvalue weighted by Crippen LogP contribution is 2.50. The van der Waals surface area contributed by atoms with E-state index < -0.39 is 0 Å². The lowest BCUT2D eigenvalue weighted by atomic mass is 9.90. The van der Waals surface area contributed by atoms with Crippen molar-refractivity contribution in [2.45, 2.75) is 45.6 Å². The molecule has 120 valence electrons. The Labute approximate surface area is 133 Å². The number of hydrogen-bond donors (Lipinski definition) is 0. The van der Waals surface area contributed by atoms with E-state index in [4.69, 9.17) is 4.74 Å². The summed E-state index contributed by atoms with van der Waals surface area (Å²) in [6, 6.07) is 9.88. The third-order valence-electron chi connectivity index (χ3n) is 5.25. The summed E-state index contributed by atoms with van der Waals surface area (Å²) in [5, 5.41) is 0. The van der Waals surface area contributed by atoms with Crippen LogP contribution in [0.15, 0.2) is 30.3 Å². The summed E-state index contributed by atoms with van der Waals surface area (Å²) in [6.07, 6.45) is 6.30. The SMILES string of the molecule is CCC[C@@H]1C[C@@H]1C1CCN(C(=O)OCc2ccccc2)CC1. The lowest BCUT2D eigenvalue weighted by Crippen LogP contribution is -2.39. The maximum Gasteiger partial charge on any atom is 0.410 e. The fourth-order valence-corrected chi connectivity index (χ4v) is 3.87. The number of likely N-dealkylation sites (tertiary alicyclic amines) is 1. The summed E-state index contributed by atoms with van der Waals surface area (Å²) in [4.78, 5) is 14.0. The molecule has 1 amide bonds. The van der Waals surface area contributed by atoms with Gasteiger partial charge in [0.15, 0.2) is 0 Å². The lowest BCUT2D eigenvalue weighted by molar-refractivity contribution is 0.0797. The van der Waals surface area contributed by atoms with Crippen molar-refractivity contribution < 1.29 is 9.53 Å². The van der Waals surface area contributed by atoms with Gasteiger partial charge in [-0.2, -0.15) is 0 Å². The largest absolute Gasteiger partial charge is 0.445 e. The minimum absolute atomic E-state index is 0.150. The number of amides is 1. The molecule has 1 saturated heterocycles. The van der Waals surface area contributed by atoms with Crippen LogP contribution in [0.3, 0.4) is 0 Å². The highest BCUT2D eigenvalue weighted by molar-refractivity contribution is 5.67. The number of hydrogen-bond acceptors (Lipinski definition) is 2.